The predicted molar refractivity (Wildman–Crippen MR) is 146 cm³/mol. The van der Waals surface area contributed by atoms with Gasteiger partial charge in [0, 0.05) is 12.1 Å². The quantitative estimate of drug-likeness (QED) is 0.386. The van der Waals surface area contributed by atoms with E-state index in [2.05, 4.69) is 17.1 Å². The molecule has 0 spiro atoms. The van der Waals surface area contributed by atoms with Gasteiger partial charge in [-0.2, -0.15) is 0 Å². The Morgan fingerprint density at radius 1 is 0.947 bits per heavy atom. The minimum absolute atomic E-state index is 0.0139. The van der Waals surface area contributed by atoms with Gasteiger partial charge in [0.25, 0.3) is 5.56 Å². The standard InChI is InChI=1S/C32H31N3O3/c36-29(20-24-12-7-8-16-28(24)38-22-23-10-3-1-4-11-23)35-19-9-15-27-26(21-35)30(37)34-31(33-27)32(17-18-32)25-13-5-2-6-14-25/h1-8,10-14,16H,9,15,17-22H2,(H,33,34,37). The molecule has 4 aromatic rings. The molecule has 38 heavy (non-hydrogen) atoms. The second-order valence-electron chi connectivity index (χ2n) is 10.3. The largest absolute Gasteiger partial charge is 0.489 e. The van der Waals surface area contributed by atoms with Gasteiger partial charge in [0.2, 0.25) is 5.91 Å². The molecule has 2 aliphatic rings. The molecule has 0 bridgehead atoms. The lowest BCUT2D eigenvalue weighted by Crippen LogP contribution is -2.34. The Morgan fingerprint density at radius 3 is 2.42 bits per heavy atom. The summed E-state index contributed by atoms with van der Waals surface area (Å²) in [5, 5.41) is 0. The van der Waals surface area contributed by atoms with E-state index in [1.165, 1.54) is 5.56 Å². The van der Waals surface area contributed by atoms with Crippen molar-refractivity contribution in [1.29, 1.82) is 0 Å². The van der Waals surface area contributed by atoms with Crippen molar-refractivity contribution in [3.8, 4) is 5.75 Å². The summed E-state index contributed by atoms with van der Waals surface area (Å²) in [5.41, 5.74) is 4.23. The third-order valence-electron chi connectivity index (χ3n) is 7.73. The molecule has 6 rings (SSSR count). The number of aromatic nitrogens is 2. The number of carbonyl (C=O) groups excluding carboxylic acids is 1. The summed E-state index contributed by atoms with van der Waals surface area (Å²) >= 11 is 0. The Morgan fingerprint density at radius 2 is 1.66 bits per heavy atom. The zero-order valence-electron chi connectivity index (χ0n) is 21.4. The Balaban J connectivity index is 1.19. The second kappa shape index (κ2) is 10.3. The molecule has 2 heterocycles. The number of aryl methyl sites for hydroxylation is 1. The molecule has 6 nitrogen and oxygen atoms in total. The van der Waals surface area contributed by atoms with E-state index in [0.717, 1.165) is 41.9 Å². The van der Waals surface area contributed by atoms with Gasteiger partial charge in [0.15, 0.2) is 0 Å². The number of nitrogens with one attached hydrogen (secondary N) is 1. The molecule has 1 saturated carbocycles. The summed E-state index contributed by atoms with van der Waals surface area (Å²) in [6, 6.07) is 28.0. The van der Waals surface area contributed by atoms with Crippen LogP contribution < -0.4 is 10.3 Å². The summed E-state index contributed by atoms with van der Waals surface area (Å²) < 4.78 is 6.06. The number of aromatic amines is 1. The maximum absolute atomic E-state index is 13.4. The molecule has 6 heteroatoms. The number of fused-ring (bicyclic) bond motifs is 1. The topological polar surface area (TPSA) is 75.3 Å². The predicted octanol–water partition coefficient (Wildman–Crippen LogP) is 4.95. The zero-order valence-corrected chi connectivity index (χ0v) is 21.4. The number of carbonyl (C=O) groups is 1. The first kappa shape index (κ1) is 24.2. The average Bonchev–Trinajstić information content (AvgIpc) is 3.78. The summed E-state index contributed by atoms with van der Waals surface area (Å²) in [4.78, 5) is 36.6. The molecule has 1 amide bonds. The lowest BCUT2D eigenvalue weighted by Gasteiger charge is -2.22. The van der Waals surface area contributed by atoms with Crippen molar-refractivity contribution in [2.24, 2.45) is 0 Å². The fourth-order valence-corrected chi connectivity index (χ4v) is 5.41. The van der Waals surface area contributed by atoms with Gasteiger partial charge < -0.3 is 14.6 Å². The number of para-hydroxylation sites is 1. The summed E-state index contributed by atoms with van der Waals surface area (Å²) in [6.45, 7) is 1.32. The highest BCUT2D eigenvalue weighted by Crippen LogP contribution is 2.51. The van der Waals surface area contributed by atoms with E-state index in [-0.39, 0.29) is 29.8 Å². The lowest BCUT2D eigenvalue weighted by atomic mass is 9.94. The Labute approximate surface area is 222 Å². The molecular weight excluding hydrogens is 474 g/mol. The van der Waals surface area contributed by atoms with Gasteiger partial charge in [-0.3, -0.25) is 9.59 Å². The van der Waals surface area contributed by atoms with E-state index >= 15 is 0 Å². The van der Waals surface area contributed by atoms with Crippen LogP contribution in [0, 0.1) is 0 Å². The maximum Gasteiger partial charge on any atom is 0.256 e. The molecule has 1 fully saturated rings. The van der Waals surface area contributed by atoms with Crippen LogP contribution in [0.5, 0.6) is 5.75 Å². The van der Waals surface area contributed by atoms with Crippen molar-refractivity contribution in [1.82, 2.24) is 14.9 Å². The molecule has 0 unspecified atom stereocenters. The van der Waals surface area contributed by atoms with Crippen LogP contribution in [0.4, 0.5) is 0 Å². The van der Waals surface area contributed by atoms with E-state index in [1.54, 1.807) is 4.90 Å². The fraction of sp³-hybridized carbons (Fsp3) is 0.281. The number of hydrogen-bond donors (Lipinski definition) is 1. The number of H-pyrrole nitrogens is 1. The van der Waals surface area contributed by atoms with Crippen molar-refractivity contribution < 1.29 is 9.53 Å². The minimum atomic E-state index is -0.194. The first-order chi connectivity index (χ1) is 18.6. The molecule has 192 valence electrons. The van der Waals surface area contributed by atoms with Crippen LogP contribution in [0.15, 0.2) is 89.7 Å². The van der Waals surface area contributed by atoms with E-state index < -0.39 is 0 Å². The second-order valence-corrected chi connectivity index (χ2v) is 10.3. The lowest BCUT2D eigenvalue weighted by molar-refractivity contribution is -0.131. The van der Waals surface area contributed by atoms with E-state index in [9.17, 15) is 9.59 Å². The third kappa shape index (κ3) is 4.86. The van der Waals surface area contributed by atoms with Crippen LogP contribution in [0.3, 0.4) is 0 Å². The first-order valence-electron chi connectivity index (χ1n) is 13.3. The smallest absolute Gasteiger partial charge is 0.256 e. The number of amides is 1. The van der Waals surface area contributed by atoms with Crippen molar-refractivity contribution in [2.75, 3.05) is 6.54 Å². The maximum atomic E-state index is 13.4. The normalized spacial score (nSPS) is 15.8. The molecule has 0 saturated heterocycles. The zero-order chi connectivity index (χ0) is 26.0. The highest BCUT2D eigenvalue weighted by atomic mass is 16.5. The van der Waals surface area contributed by atoms with Gasteiger partial charge in [-0.25, -0.2) is 4.98 Å². The van der Waals surface area contributed by atoms with Crippen LogP contribution >= 0.6 is 0 Å². The number of nitrogens with zero attached hydrogens (tertiary/aromatic N) is 2. The minimum Gasteiger partial charge on any atom is -0.489 e. The summed E-state index contributed by atoms with van der Waals surface area (Å²) in [7, 11) is 0. The summed E-state index contributed by atoms with van der Waals surface area (Å²) in [5.74, 6) is 1.46. The molecule has 0 atom stereocenters. The van der Waals surface area contributed by atoms with Gasteiger partial charge in [0.05, 0.1) is 29.6 Å². The first-order valence-corrected chi connectivity index (χ1v) is 13.3. The van der Waals surface area contributed by atoms with Crippen molar-refractivity contribution in [3.05, 3.63) is 129 Å². The fourth-order valence-electron chi connectivity index (χ4n) is 5.41. The van der Waals surface area contributed by atoms with Gasteiger partial charge in [-0.15, -0.1) is 0 Å². The van der Waals surface area contributed by atoms with Crippen molar-refractivity contribution >= 4 is 5.91 Å². The molecule has 1 N–H and O–H groups in total. The van der Waals surface area contributed by atoms with Crippen LogP contribution in [0.25, 0.3) is 0 Å². The Kier molecular flexibility index (Phi) is 6.54. The number of ether oxygens (including phenoxy) is 1. The highest BCUT2D eigenvalue weighted by Gasteiger charge is 2.48. The van der Waals surface area contributed by atoms with Gasteiger partial charge in [-0.05, 0) is 42.9 Å². The van der Waals surface area contributed by atoms with Crippen LogP contribution in [-0.2, 0) is 36.2 Å². The average molecular weight is 506 g/mol. The molecule has 1 aliphatic heterocycles. The van der Waals surface area contributed by atoms with Crippen molar-refractivity contribution in [2.45, 2.75) is 50.7 Å². The van der Waals surface area contributed by atoms with Crippen LogP contribution in [-0.4, -0.2) is 27.3 Å². The van der Waals surface area contributed by atoms with E-state index in [0.29, 0.717) is 30.9 Å². The van der Waals surface area contributed by atoms with E-state index in [4.69, 9.17) is 9.72 Å². The van der Waals surface area contributed by atoms with Gasteiger partial charge in [0.1, 0.15) is 18.2 Å². The monoisotopic (exact) mass is 505 g/mol. The SMILES string of the molecule is O=C(Cc1ccccc1OCc1ccccc1)N1CCCc2nc(C3(c4ccccc4)CC3)[nH]c(=O)c2C1. The molecule has 1 aromatic heterocycles. The number of benzene rings is 3. The molecule has 0 radical (unpaired) electrons. The van der Waals surface area contributed by atoms with Crippen LogP contribution in [0.2, 0.25) is 0 Å². The summed E-state index contributed by atoms with van der Waals surface area (Å²) in [6.07, 6.45) is 3.65. The number of rotatable bonds is 7. The van der Waals surface area contributed by atoms with Crippen LogP contribution in [0.1, 0.15) is 53.0 Å². The molecule has 3 aromatic carbocycles. The Bertz CT molecular complexity index is 1490. The van der Waals surface area contributed by atoms with Gasteiger partial charge >= 0.3 is 0 Å². The van der Waals surface area contributed by atoms with Crippen molar-refractivity contribution in [3.63, 3.8) is 0 Å². The third-order valence-corrected chi connectivity index (χ3v) is 7.73. The molecule has 1 aliphatic carbocycles. The number of hydrogen-bond acceptors (Lipinski definition) is 4. The molecular formula is C32H31N3O3. The van der Waals surface area contributed by atoms with Gasteiger partial charge in [-0.1, -0.05) is 78.9 Å². The van der Waals surface area contributed by atoms with E-state index in [1.807, 2.05) is 72.8 Å². The Hall–Kier alpha value is -4.19. The highest BCUT2D eigenvalue weighted by molar-refractivity contribution is 5.79.